The third-order valence-electron chi connectivity index (χ3n) is 3.21. The van der Waals surface area contributed by atoms with Crippen molar-refractivity contribution in [2.24, 2.45) is 0 Å². The lowest BCUT2D eigenvalue weighted by Gasteiger charge is -2.27. The summed E-state index contributed by atoms with van der Waals surface area (Å²) in [6, 6.07) is -0.776. The van der Waals surface area contributed by atoms with Crippen LogP contribution in [0.5, 0.6) is 0 Å². The Kier molecular flexibility index (Phi) is 5.25. The lowest BCUT2D eigenvalue weighted by molar-refractivity contribution is -0.141. The van der Waals surface area contributed by atoms with Gasteiger partial charge in [-0.3, -0.25) is 0 Å². The Labute approximate surface area is 102 Å². The second-order valence-corrected chi connectivity index (χ2v) is 4.60. The first-order valence-electron chi connectivity index (χ1n) is 6.32. The zero-order valence-electron chi connectivity index (χ0n) is 10.7. The van der Waals surface area contributed by atoms with E-state index in [1.807, 2.05) is 0 Å². The molecule has 0 aromatic rings. The highest BCUT2D eigenvalue weighted by atomic mass is 16.4. The zero-order valence-corrected chi connectivity index (χ0v) is 10.7. The summed E-state index contributed by atoms with van der Waals surface area (Å²) in [4.78, 5) is 26.1. The van der Waals surface area contributed by atoms with Crippen LogP contribution in [0, 0.1) is 0 Å². The number of unbranched alkanes of at least 4 members (excludes halogenated alkanes) is 2. The zero-order chi connectivity index (χ0) is 12.8. The number of carbonyl (C=O) groups excluding carboxylic acids is 1. The Morgan fingerprint density at radius 3 is 2.71 bits per heavy atom. The number of hydrogen-bond acceptors (Lipinski definition) is 2. The molecule has 0 aliphatic carbocycles. The molecule has 1 fully saturated rings. The predicted octanol–water partition coefficient (Wildman–Crippen LogP) is 1.78. The molecule has 0 aromatic carbocycles. The van der Waals surface area contributed by atoms with Gasteiger partial charge in [-0.2, -0.15) is 0 Å². The number of carboxylic acids is 1. The van der Waals surface area contributed by atoms with Crippen LogP contribution in [0.15, 0.2) is 0 Å². The van der Waals surface area contributed by atoms with Gasteiger partial charge in [-0.15, -0.1) is 0 Å². The van der Waals surface area contributed by atoms with Gasteiger partial charge in [0.15, 0.2) is 0 Å². The van der Waals surface area contributed by atoms with E-state index in [0.717, 1.165) is 25.7 Å². The van der Waals surface area contributed by atoms with Crippen molar-refractivity contribution in [1.82, 2.24) is 9.80 Å². The van der Waals surface area contributed by atoms with Crippen molar-refractivity contribution < 1.29 is 14.7 Å². The number of urea groups is 1. The van der Waals surface area contributed by atoms with Gasteiger partial charge in [0, 0.05) is 20.1 Å². The van der Waals surface area contributed by atoms with Crippen LogP contribution in [0.25, 0.3) is 0 Å². The van der Waals surface area contributed by atoms with E-state index in [1.54, 1.807) is 11.9 Å². The monoisotopic (exact) mass is 242 g/mol. The number of hydrogen-bond donors (Lipinski definition) is 1. The molecule has 5 nitrogen and oxygen atoms in total. The fourth-order valence-corrected chi connectivity index (χ4v) is 2.17. The first kappa shape index (κ1) is 13.8. The lowest BCUT2D eigenvalue weighted by atomic mass is 10.2. The van der Waals surface area contributed by atoms with Crippen molar-refractivity contribution in [3.63, 3.8) is 0 Å². The van der Waals surface area contributed by atoms with E-state index < -0.39 is 12.0 Å². The van der Waals surface area contributed by atoms with Gasteiger partial charge in [0.25, 0.3) is 0 Å². The molecule has 1 saturated heterocycles. The van der Waals surface area contributed by atoms with Crippen LogP contribution < -0.4 is 0 Å². The molecule has 17 heavy (non-hydrogen) atoms. The molecule has 1 unspecified atom stereocenters. The van der Waals surface area contributed by atoms with E-state index in [1.165, 1.54) is 4.90 Å². The molecule has 98 valence electrons. The van der Waals surface area contributed by atoms with Crippen molar-refractivity contribution >= 4 is 12.0 Å². The smallest absolute Gasteiger partial charge is 0.326 e. The van der Waals surface area contributed by atoms with Gasteiger partial charge in [-0.25, -0.2) is 9.59 Å². The maximum absolute atomic E-state index is 12.0. The number of carboxylic acid groups (broad SMARTS) is 1. The SMILES string of the molecule is CCCCCN(C)C(=O)N1CCCC1C(=O)O. The summed E-state index contributed by atoms with van der Waals surface area (Å²) in [6.07, 6.45) is 4.54. The Hall–Kier alpha value is -1.26. The van der Waals surface area contributed by atoms with Gasteiger partial charge in [0.1, 0.15) is 6.04 Å². The highest BCUT2D eigenvalue weighted by molar-refractivity contribution is 5.83. The summed E-state index contributed by atoms with van der Waals surface area (Å²) in [5.74, 6) is -0.891. The summed E-state index contributed by atoms with van der Waals surface area (Å²) in [6.45, 7) is 3.38. The third kappa shape index (κ3) is 3.61. The fraction of sp³-hybridized carbons (Fsp3) is 0.833. The Balaban J connectivity index is 2.47. The Morgan fingerprint density at radius 2 is 2.12 bits per heavy atom. The number of amides is 2. The second kappa shape index (κ2) is 6.47. The topological polar surface area (TPSA) is 60.9 Å². The molecule has 1 N–H and O–H groups in total. The van der Waals surface area contributed by atoms with Crippen molar-refractivity contribution in [1.29, 1.82) is 0 Å². The summed E-state index contributed by atoms with van der Waals surface area (Å²) in [5.41, 5.74) is 0. The molecule has 0 aromatic heterocycles. The second-order valence-electron chi connectivity index (χ2n) is 4.60. The molecule has 1 heterocycles. The molecule has 0 saturated carbocycles. The maximum atomic E-state index is 12.0. The molecule has 1 rings (SSSR count). The summed E-state index contributed by atoms with van der Waals surface area (Å²) in [5, 5.41) is 9.02. The Bertz CT molecular complexity index is 281. The van der Waals surface area contributed by atoms with Crippen molar-refractivity contribution in [2.75, 3.05) is 20.1 Å². The van der Waals surface area contributed by atoms with Gasteiger partial charge in [-0.05, 0) is 19.3 Å². The quantitative estimate of drug-likeness (QED) is 0.747. The molecule has 0 spiro atoms. The van der Waals surface area contributed by atoms with Crippen LogP contribution in [-0.4, -0.2) is 53.1 Å². The molecule has 1 aliphatic heterocycles. The van der Waals surface area contributed by atoms with E-state index in [4.69, 9.17) is 5.11 Å². The highest BCUT2D eigenvalue weighted by Crippen LogP contribution is 2.19. The van der Waals surface area contributed by atoms with Gasteiger partial charge in [0.05, 0.1) is 0 Å². The van der Waals surface area contributed by atoms with Crippen LogP contribution in [0.3, 0.4) is 0 Å². The molecule has 0 bridgehead atoms. The molecular formula is C12H22N2O3. The van der Waals surface area contributed by atoms with E-state index >= 15 is 0 Å². The van der Waals surface area contributed by atoms with E-state index in [-0.39, 0.29) is 6.03 Å². The molecular weight excluding hydrogens is 220 g/mol. The molecule has 2 amide bonds. The normalized spacial score (nSPS) is 19.4. The summed E-state index contributed by atoms with van der Waals surface area (Å²) in [7, 11) is 1.75. The third-order valence-corrected chi connectivity index (χ3v) is 3.21. The lowest BCUT2D eigenvalue weighted by Crippen LogP contribution is -2.46. The number of rotatable bonds is 5. The van der Waals surface area contributed by atoms with E-state index in [2.05, 4.69) is 6.92 Å². The van der Waals surface area contributed by atoms with Gasteiger partial charge in [-0.1, -0.05) is 19.8 Å². The summed E-state index contributed by atoms with van der Waals surface area (Å²) >= 11 is 0. The molecule has 5 heteroatoms. The Morgan fingerprint density at radius 1 is 1.41 bits per heavy atom. The number of aliphatic carboxylic acids is 1. The standard InChI is InChI=1S/C12H22N2O3/c1-3-4-5-8-13(2)12(17)14-9-6-7-10(14)11(15)16/h10H,3-9H2,1-2H3,(H,15,16). The molecule has 0 radical (unpaired) electrons. The molecule has 1 aliphatic rings. The maximum Gasteiger partial charge on any atom is 0.326 e. The summed E-state index contributed by atoms with van der Waals surface area (Å²) < 4.78 is 0. The number of likely N-dealkylation sites (tertiary alicyclic amines) is 1. The predicted molar refractivity (Wildman–Crippen MR) is 64.9 cm³/mol. The van der Waals surface area contributed by atoms with Crippen LogP contribution in [-0.2, 0) is 4.79 Å². The minimum absolute atomic E-state index is 0.147. The fourth-order valence-electron chi connectivity index (χ4n) is 2.17. The number of nitrogens with zero attached hydrogens (tertiary/aromatic N) is 2. The van der Waals surface area contributed by atoms with E-state index in [9.17, 15) is 9.59 Å². The average Bonchev–Trinajstić information content (AvgIpc) is 2.77. The highest BCUT2D eigenvalue weighted by Gasteiger charge is 2.35. The van der Waals surface area contributed by atoms with Crippen LogP contribution >= 0.6 is 0 Å². The number of carbonyl (C=O) groups is 2. The largest absolute Gasteiger partial charge is 0.480 e. The van der Waals surface area contributed by atoms with Crippen LogP contribution in [0.4, 0.5) is 4.79 Å². The first-order chi connectivity index (χ1) is 8.07. The van der Waals surface area contributed by atoms with Gasteiger partial charge < -0.3 is 14.9 Å². The van der Waals surface area contributed by atoms with Crippen molar-refractivity contribution in [3.05, 3.63) is 0 Å². The molecule has 1 atom stereocenters. The minimum atomic E-state index is -0.891. The van der Waals surface area contributed by atoms with Crippen LogP contribution in [0.2, 0.25) is 0 Å². The average molecular weight is 242 g/mol. The minimum Gasteiger partial charge on any atom is -0.480 e. The first-order valence-corrected chi connectivity index (χ1v) is 6.32. The van der Waals surface area contributed by atoms with Crippen molar-refractivity contribution in [2.45, 2.75) is 45.1 Å². The van der Waals surface area contributed by atoms with Gasteiger partial charge in [0.2, 0.25) is 0 Å². The van der Waals surface area contributed by atoms with E-state index in [0.29, 0.717) is 19.5 Å². The van der Waals surface area contributed by atoms with Crippen molar-refractivity contribution in [3.8, 4) is 0 Å². The van der Waals surface area contributed by atoms with Crippen LogP contribution in [0.1, 0.15) is 39.0 Å². The van der Waals surface area contributed by atoms with Gasteiger partial charge >= 0.3 is 12.0 Å².